The topological polar surface area (TPSA) is 38.7 Å². The lowest BCUT2D eigenvalue weighted by Crippen LogP contribution is -1.99. The zero-order chi connectivity index (χ0) is 15.5. The van der Waals surface area contributed by atoms with E-state index in [1.807, 2.05) is 13.8 Å². The summed E-state index contributed by atoms with van der Waals surface area (Å²) in [7, 11) is 0. The van der Waals surface area contributed by atoms with Crippen LogP contribution in [0.3, 0.4) is 0 Å². The molecule has 0 aromatic heterocycles. The van der Waals surface area contributed by atoms with Crippen molar-refractivity contribution >= 4 is 6.08 Å². The van der Waals surface area contributed by atoms with E-state index in [2.05, 4.69) is 18.5 Å². The lowest BCUT2D eigenvalue weighted by atomic mass is 10.1. The highest BCUT2D eigenvalue weighted by Crippen LogP contribution is 2.08. The third-order valence-corrected chi connectivity index (χ3v) is 2.55. The largest absolute Gasteiger partial charge is 0.379 e. The van der Waals surface area contributed by atoms with Gasteiger partial charge in [-0.2, -0.15) is 0 Å². The third kappa shape index (κ3) is 30.3. The summed E-state index contributed by atoms with van der Waals surface area (Å²) in [5.74, 6) is 0. The van der Waals surface area contributed by atoms with Gasteiger partial charge < -0.3 is 4.74 Å². The first-order valence-electron chi connectivity index (χ1n) is 7.88. The van der Waals surface area contributed by atoms with E-state index in [1.54, 1.807) is 0 Å². The fourth-order valence-corrected chi connectivity index (χ4v) is 1.60. The molecule has 0 aliphatic rings. The Balaban J connectivity index is 0. The van der Waals surface area contributed by atoms with Crippen LogP contribution in [-0.2, 0) is 9.53 Å². The number of ether oxygens (including phenoxy) is 1. The Morgan fingerprint density at radius 2 is 1.50 bits per heavy atom. The molecule has 0 aliphatic carbocycles. The van der Waals surface area contributed by atoms with Crippen LogP contribution >= 0.6 is 0 Å². The van der Waals surface area contributed by atoms with Crippen LogP contribution in [0.1, 0.15) is 72.1 Å². The van der Waals surface area contributed by atoms with Crippen molar-refractivity contribution < 1.29 is 9.53 Å². The average molecular weight is 283 g/mol. The van der Waals surface area contributed by atoms with Crippen molar-refractivity contribution in [3.05, 3.63) is 12.2 Å². The maximum atomic E-state index is 9.74. The Labute approximate surface area is 125 Å². The van der Waals surface area contributed by atoms with E-state index in [0.717, 1.165) is 13.0 Å². The Morgan fingerprint density at radius 3 is 2.00 bits per heavy atom. The minimum absolute atomic E-state index is 0.445. The number of unbranched alkanes of at least 4 members (excludes halogenated alkanes) is 7. The van der Waals surface area contributed by atoms with Crippen molar-refractivity contribution in [2.45, 2.75) is 72.1 Å². The number of hydrogen-bond donors (Lipinski definition) is 0. The number of hydrogen-bond acceptors (Lipinski definition) is 3. The van der Waals surface area contributed by atoms with Crippen LogP contribution in [0.4, 0.5) is 0 Å². The average Bonchev–Trinajstić information content (AvgIpc) is 2.39. The van der Waals surface area contributed by atoms with Crippen LogP contribution in [0.2, 0.25) is 0 Å². The highest BCUT2D eigenvalue weighted by Gasteiger charge is 1.92. The van der Waals surface area contributed by atoms with Gasteiger partial charge in [0.2, 0.25) is 6.08 Å². The number of rotatable bonds is 12. The number of aliphatic imine (C=N–C) groups is 1. The summed E-state index contributed by atoms with van der Waals surface area (Å²) in [6.07, 6.45) is 12.0. The first-order valence-corrected chi connectivity index (χ1v) is 7.88. The van der Waals surface area contributed by atoms with Gasteiger partial charge in [0.25, 0.3) is 0 Å². The summed E-state index contributed by atoms with van der Waals surface area (Å²) in [5.41, 5.74) is 1.17. The molecule has 0 aromatic carbocycles. The zero-order valence-corrected chi connectivity index (χ0v) is 13.7. The van der Waals surface area contributed by atoms with Crippen LogP contribution < -0.4 is 0 Å². The molecule has 20 heavy (non-hydrogen) atoms. The maximum Gasteiger partial charge on any atom is 0.235 e. The van der Waals surface area contributed by atoms with Crippen molar-refractivity contribution in [3.63, 3.8) is 0 Å². The highest BCUT2D eigenvalue weighted by atomic mass is 16.5. The lowest BCUT2D eigenvalue weighted by molar-refractivity contribution is 0.137. The van der Waals surface area contributed by atoms with Crippen LogP contribution in [0.25, 0.3) is 0 Å². The molecule has 0 spiro atoms. The van der Waals surface area contributed by atoms with Crippen molar-refractivity contribution in [3.8, 4) is 0 Å². The molecule has 0 aromatic rings. The fourth-order valence-electron chi connectivity index (χ4n) is 1.60. The first-order chi connectivity index (χ1) is 9.65. The second kappa shape index (κ2) is 20.4. The number of isocyanates is 1. The minimum Gasteiger partial charge on any atom is -0.379 e. The molecule has 0 rings (SSSR count). The molecule has 0 N–H and O–H groups in total. The van der Waals surface area contributed by atoms with Crippen molar-refractivity contribution in [2.24, 2.45) is 4.99 Å². The smallest absolute Gasteiger partial charge is 0.235 e. The number of carbonyl (C=O) groups excluding carboxylic acids is 1. The predicted octanol–water partition coefficient (Wildman–Crippen LogP) is 5.06. The van der Waals surface area contributed by atoms with Crippen molar-refractivity contribution in [1.82, 2.24) is 0 Å². The zero-order valence-electron chi connectivity index (χ0n) is 13.7. The second-order valence-electron chi connectivity index (χ2n) is 5.27. The Morgan fingerprint density at radius 1 is 1.00 bits per heavy atom. The summed E-state index contributed by atoms with van der Waals surface area (Å²) < 4.78 is 5.31. The van der Waals surface area contributed by atoms with E-state index in [9.17, 15) is 4.79 Å². The molecule has 0 atom stereocenters. The molecule has 0 heterocycles. The molecule has 0 amide bonds. The first kappa shape index (κ1) is 21.4. The standard InChI is InChI=1S/C13H25NO2.C4H8/c1-2-3-4-5-6-7-8-9-11-16-12-10-14-13-15;1-4(2)3/h2-12H2,1H3;1H2,2-3H3. The molecule has 0 unspecified atom stereocenters. The molecule has 118 valence electrons. The number of nitrogens with zero attached hydrogens (tertiary/aromatic N) is 1. The van der Waals surface area contributed by atoms with Gasteiger partial charge in [0.15, 0.2) is 0 Å². The monoisotopic (exact) mass is 283 g/mol. The second-order valence-corrected chi connectivity index (χ2v) is 5.27. The molecule has 0 bridgehead atoms. The molecule has 0 radical (unpaired) electrons. The van der Waals surface area contributed by atoms with Gasteiger partial charge in [0.05, 0.1) is 13.2 Å². The summed E-state index contributed by atoms with van der Waals surface area (Å²) in [4.78, 5) is 13.2. The molecule has 3 heteroatoms. The predicted molar refractivity (Wildman–Crippen MR) is 86.9 cm³/mol. The fraction of sp³-hybridized carbons (Fsp3) is 0.824. The summed E-state index contributed by atoms with van der Waals surface area (Å²) >= 11 is 0. The van der Waals surface area contributed by atoms with Gasteiger partial charge in [-0.1, -0.05) is 57.4 Å². The SMILES string of the molecule is C=C(C)C.CCCCCCCCCCOCCN=C=O. The molecule has 3 nitrogen and oxygen atoms in total. The van der Waals surface area contributed by atoms with E-state index < -0.39 is 0 Å². The number of allylic oxidation sites excluding steroid dienone is 1. The minimum atomic E-state index is 0.445. The van der Waals surface area contributed by atoms with Crippen LogP contribution in [0, 0.1) is 0 Å². The van der Waals surface area contributed by atoms with Gasteiger partial charge >= 0.3 is 0 Å². The van der Waals surface area contributed by atoms with Gasteiger partial charge in [-0.05, 0) is 20.3 Å². The van der Waals surface area contributed by atoms with Gasteiger partial charge in [0.1, 0.15) is 0 Å². The van der Waals surface area contributed by atoms with Crippen LogP contribution in [0.15, 0.2) is 17.1 Å². The van der Waals surface area contributed by atoms with Gasteiger partial charge in [-0.3, -0.25) is 0 Å². The van der Waals surface area contributed by atoms with E-state index in [-0.39, 0.29) is 0 Å². The molecule has 0 aliphatic heterocycles. The Bertz CT molecular complexity index is 241. The summed E-state index contributed by atoms with van der Waals surface area (Å²) in [5, 5.41) is 0. The molecule has 0 fully saturated rings. The van der Waals surface area contributed by atoms with Crippen molar-refractivity contribution in [2.75, 3.05) is 19.8 Å². The molecular formula is C17H33NO2. The summed E-state index contributed by atoms with van der Waals surface area (Å²) in [6, 6.07) is 0. The van der Waals surface area contributed by atoms with Gasteiger partial charge in [0, 0.05) is 6.61 Å². The third-order valence-electron chi connectivity index (χ3n) is 2.55. The van der Waals surface area contributed by atoms with Crippen LogP contribution in [-0.4, -0.2) is 25.8 Å². The molecular weight excluding hydrogens is 250 g/mol. The summed E-state index contributed by atoms with van der Waals surface area (Å²) in [6.45, 7) is 11.5. The van der Waals surface area contributed by atoms with Gasteiger partial charge in [-0.25, -0.2) is 9.79 Å². The lowest BCUT2D eigenvalue weighted by Gasteiger charge is -2.02. The highest BCUT2D eigenvalue weighted by molar-refractivity contribution is 5.32. The molecule has 0 saturated carbocycles. The maximum absolute atomic E-state index is 9.74. The van der Waals surface area contributed by atoms with Crippen LogP contribution in [0.5, 0.6) is 0 Å². The molecule has 0 saturated heterocycles. The quantitative estimate of drug-likeness (QED) is 0.217. The van der Waals surface area contributed by atoms with Gasteiger partial charge in [-0.15, -0.1) is 6.58 Å². The van der Waals surface area contributed by atoms with E-state index >= 15 is 0 Å². The van der Waals surface area contributed by atoms with E-state index in [0.29, 0.717) is 13.2 Å². The van der Waals surface area contributed by atoms with E-state index in [4.69, 9.17) is 4.74 Å². The van der Waals surface area contributed by atoms with E-state index in [1.165, 1.54) is 56.6 Å². The van der Waals surface area contributed by atoms with Crippen molar-refractivity contribution in [1.29, 1.82) is 0 Å². The Hall–Kier alpha value is -0.920. The normalized spacial score (nSPS) is 9.35. The Kier molecular flexibility index (Phi) is 21.8.